The summed E-state index contributed by atoms with van der Waals surface area (Å²) in [5, 5.41) is 15.1. The molecule has 0 spiro atoms. The molecule has 0 bridgehead atoms. The number of aliphatic hydroxyl groups excluding tert-OH is 2. The van der Waals surface area contributed by atoms with Crippen LogP contribution in [0.4, 0.5) is 0 Å². The Morgan fingerprint density at radius 2 is 0.889 bits per heavy atom. The Bertz CT molecular complexity index is 18.5. The number of halogens is 2. The molecule has 0 atom stereocenters. The van der Waals surface area contributed by atoms with Gasteiger partial charge in [0.25, 0.3) is 0 Å². The normalized spacial score (nSPS) is 4.00. The van der Waals surface area contributed by atoms with Crippen LogP contribution in [0.1, 0.15) is 13.8 Å². The van der Waals surface area contributed by atoms with Crippen molar-refractivity contribution in [2.24, 2.45) is 0 Å². The molecular formula is C4H14Cl2O2V. The molecule has 9 heavy (non-hydrogen) atoms. The summed E-state index contributed by atoms with van der Waals surface area (Å²) in [4.78, 5) is 0. The maximum absolute atomic E-state index is 7.57. The van der Waals surface area contributed by atoms with E-state index in [1.807, 2.05) is 0 Å². The molecule has 0 unspecified atom stereocenters. The fourth-order valence-corrected chi connectivity index (χ4v) is 0. The molecule has 0 aliphatic carbocycles. The van der Waals surface area contributed by atoms with Crippen molar-refractivity contribution in [3.05, 3.63) is 0 Å². The third kappa shape index (κ3) is 388. The summed E-state index contributed by atoms with van der Waals surface area (Å²) in [5.41, 5.74) is 0. The minimum absolute atomic E-state index is 0. The standard InChI is InChI=1S/2C2H6O.2ClH.V/c2*1-2-3;;;/h2*3H,2H2,1H3;2*1H;. The molecule has 0 saturated carbocycles. The van der Waals surface area contributed by atoms with Gasteiger partial charge in [-0.1, -0.05) is 0 Å². The Kier molecular flexibility index (Phi) is 223. The quantitative estimate of drug-likeness (QED) is 0.629. The van der Waals surface area contributed by atoms with E-state index in [1.54, 1.807) is 13.8 Å². The second-order valence-electron chi connectivity index (χ2n) is 0.632. The molecule has 2 nitrogen and oxygen atoms in total. The fraction of sp³-hybridized carbons (Fsp3) is 1.00. The first-order valence-corrected chi connectivity index (χ1v) is 2.05. The second kappa shape index (κ2) is 62.4. The minimum Gasteiger partial charge on any atom is -0.397 e. The Labute approximate surface area is 80.7 Å². The molecule has 0 aliphatic heterocycles. The van der Waals surface area contributed by atoms with E-state index in [2.05, 4.69) is 0 Å². The minimum atomic E-state index is 0. The van der Waals surface area contributed by atoms with Gasteiger partial charge in [0.15, 0.2) is 0 Å². The van der Waals surface area contributed by atoms with Crippen LogP contribution in [-0.4, -0.2) is 23.4 Å². The molecule has 0 fully saturated rings. The van der Waals surface area contributed by atoms with Crippen molar-refractivity contribution in [2.75, 3.05) is 13.2 Å². The number of hydrogen-bond acceptors (Lipinski definition) is 2. The van der Waals surface area contributed by atoms with Crippen LogP contribution in [0.2, 0.25) is 0 Å². The maximum atomic E-state index is 7.57. The van der Waals surface area contributed by atoms with E-state index in [0.29, 0.717) is 0 Å². The van der Waals surface area contributed by atoms with Crippen LogP contribution in [-0.2, 0) is 18.6 Å². The third-order valence-corrected chi connectivity index (χ3v) is 0. The van der Waals surface area contributed by atoms with Gasteiger partial charge in [-0.05, 0) is 13.8 Å². The van der Waals surface area contributed by atoms with Crippen LogP contribution in [0.15, 0.2) is 0 Å². The summed E-state index contributed by atoms with van der Waals surface area (Å²) in [6, 6.07) is 0. The zero-order valence-electron chi connectivity index (χ0n) is 5.57. The topological polar surface area (TPSA) is 40.5 Å². The first-order valence-electron chi connectivity index (χ1n) is 2.05. The van der Waals surface area contributed by atoms with Gasteiger partial charge in [0, 0.05) is 31.8 Å². The van der Waals surface area contributed by atoms with Crippen LogP contribution in [0, 0.1) is 0 Å². The Morgan fingerprint density at radius 1 is 0.889 bits per heavy atom. The zero-order valence-corrected chi connectivity index (χ0v) is 8.60. The molecule has 0 saturated heterocycles. The van der Waals surface area contributed by atoms with Gasteiger partial charge in [-0.25, -0.2) is 0 Å². The van der Waals surface area contributed by atoms with Crippen molar-refractivity contribution < 1.29 is 28.8 Å². The number of aliphatic hydroxyl groups is 2. The average molecular weight is 216 g/mol. The zero-order chi connectivity index (χ0) is 5.41. The summed E-state index contributed by atoms with van der Waals surface area (Å²) < 4.78 is 0. The van der Waals surface area contributed by atoms with E-state index in [-0.39, 0.29) is 56.6 Å². The van der Waals surface area contributed by atoms with Crippen molar-refractivity contribution >= 4 is 24.8 Å². The van der Waals surface area contributed by atoms with Gasteiger partial charge >= 0.3 is 0 Å². The van der Waals surface area contributed by atoms with Gasteiger partial charge in [0.2, 0.25) is 0 Å². The Hall–Kier alpha value is 1.08. The molecule has 0 heterocycles. The predicted octanol–water partition coefficient (Wildman–Crippen LogP) is 0.838. The van der Waals surface area contributed by atoms with E-state index >= 15 is 0 Å². The van der Waals surface area contributed by atoms with Crippen LogP contribution in [0.3, 0.4) is 0 Å². The molecule has 0 amide bonds. The Balaban J connectivity index is -0.00000000889. The van der Waals surface area contributed by atoms with E-state index in [9.17, 15) is 0 Å². The Morgan fingerprint density at radius 3 is 0.889 bits per heavy atom. The van der Waals surface area contributed by atoms with E-state index in [4.69, 9.17) is 10.2 Å². The summed E-state index contributed by atoms with van der Waals surface area (Å²) in [5.74, 6) is 0. The predicted molar refractivity (Wildman–Crippen MR) is 40.0 cm³/mol. The summed E-state index contributed by atoms with van der Waals surface area (Å²) in [6.07, 6.45) is 0. The van der Waals surface area contributed by atoms with Crippen molar-refractivity contribution in [1.82, 2.24) is 0 Å². The molecule has 0 aromatic carbocycles. The molecule has 2 N–H and O–H groups in total. The smallest absolute Gasteiger partial charge is 0.0402 e. The number of rotatable bonds is 0. The van der Waals surface area contributed by atoms with Crippen LogP contribution < -0.4 is 0 Å². The molecule has 0 rings (SSSR count). The van der Waals surface area contributed by atoms with Crippen molar-refractivity contribution in [2.45, 2.75) is 13.8 Å². The van der Waals surface area contributed by atoms with Crippen molar-refractivity contribution in [1.29, 1.82) is 0 Å². The SMILES string of the molecule is CCO.CCO.Cl.Cl.[V]. The van der Waals surface area contributed by atoms with Gasteiger partial charge in [0.05, 0.1) is 0 Å². The molecule has 0 aliphatic rings. The maximum Gasteiger partial charge on any atom is 0.0402 e. The number of hydrogen-bond donors (Lipinski definition) is 2. The van der Waals surface area contributed by atoms with Crippen molar-refractivity contribution in [3.63, 3.8) is 0 Å². The van der Waals surface area contributed by atoms with E-state index in [1.165, 1.54) is 0 Å². The largest absolute Gasteiger partial charge is 0.397 e. The molecule has 0 aromatic heterocycles. The molecule has 5 heteroatoms. The van der Waals surface area contributed by atoms with Gasteiger partial charge in [-0.2, -0.15) is 0 Å². The van der Waals surface area contributed by atoms with E-state index in [0.717, 1.165) is 0 Å². The van der Waals surface area contributed by atoms with Crippen LogP contribution >= 0.6 is 24.8 Å². The molecular weight excluding hydrogens is 202 g/mol. The van der Waals surface area contributed by atoms with Crippen molar-refractivity contribution in [3.8, 4) is 0 Å². The second-order valence-corrected chi connectivity index (χ2v) is 0.632. The van der Waals surface area contributed by atoms with Crippen LogP contribution in [0.5, 0.6) is 0 Å². The molecule has 0 aromatic rings. The van der Waals surface area contributed by atoms with Gasteiger partial charge < -0.3 is 10.2 Å². The van der Waals surface area contributed by atoms with Crippen LogP contribution in [0.25, 0.3) is 0 Å². The third-order valence-electron chi connectivity index (χ3n) is 0. The fourth-order valence-electron chi connectivity index (χ4n) is 0. The van der Waals surface area contributed by atoms with Gasteiger partial charge in [-0.15, -0.1) is 24.8 Å². The van der Waals surface area contributed by atoms with E-state index < -0.39 is 0 Å². The summed E-state index contributed by atoms with van der Waals surface area (Å²) >= 11 is 0. The van der Waals surface area contributed by atoms with Gasteiger partial charge in [-0.3, -0.25) is 0 Å². The first-order chi connectivity index (χ1) is 2.83. The first kappa shape index (κ1) is 32.2. The van der Waals surface area contributed by atoms with Gasteiger partial charge in [0.1, 0.15) is 0 Å². The molecule has 61 valence electrons. The summed E-state index contributed by atoms with van der Waals surface area (Å²) in [7, 11) is 0. The monoisotopic (exact) mass is 215 g/mol. The molecule has 1 radical (unpaired) electrons. The summed E-state index contributed by atoms with van der Waals surface area (Å²) in [6.45, 7) is 3.86. The average Bonchev–Trinajstić information content (AvgIpc) is 1.39.